The summed E-state index contributed by atoms with van der Waals surface area (Å²) >= 11 is 0. The van der Waals surface area contributed by atoms with Crippen LogP contribution in [0.25, 0.3) is 0 Å². The molecular formula is C26H30N2O3. The Morgan fingerprint density at radius 3 is 2.13 bits per heavy atom. The zero-order chi connectivity index (χ0) is 22.1. The van der Waals surface area contributed by atoms with Crippen molar-refractivity contribution in [2.45, 2.75) is 19.3 Å². The van der Waals surface area contributed by atoms with Crippen LogP contribution in [0.3, 0.4) is 0 Å². The summed E-state index contributed by atoms with van der Waals surface area (Å²) in [5.41, 5.74) is 4.23. The molecule has 0 aliphatic heterocycles. The zero-order valence-electron chi connectivity index (χ0n) is 18.2. The molecule has 0 spiro atoms. The molecule has 0 bridgehead atoms. The summed E-state index contributed by atoms with van der Waals surface area (Å²) in [5, 5.41) is 12.5. The highest BCUT2D eigenvalue weighted by molar-refractivity contribution is 5.95. The van der Waals surface area contributed by atoms with Gasteiger partial charge < -0.3 is 20.1 Å². The fourth-order valence-corrected chi connectivity index (χ4v) is 3.30. The van der Waals surface area contributed by atoms with E-state index in [9.17, 15) is 9.90 Å². The van der Waals surface area contributed by atoms with E-state index in [-0.39, 0.29) is 5.56 Å². The van der Waals surface area contributed by atoms with Gasteiger partial charge in [-0.05, 0) is 80.9 Å². The number of carboxylic acid groups (broad SMARTS) is 1. The molecule has 0 aliphatic carbocycles. The molecule has 0 saturated heterocycles. The Hall–Kier alpha value is -3.31. The van der Waals surface area contributed by atoms with Gasteiger partial charge in [0.15, 0.2) is 0 Å². The van der Waals surface area contributed by atoms with E-state index in [0.717, 1.165) is 43.9 Å². The predicted octanol–water partition coefficient (Wildman–Crippen LogP) is 5.24. The van der Waals surface area contributed by atoms with Gasteiger partial charge in [-0.3, -0.25) is 0 Å². The molecule has 2 N–H and O–H groups in total. The molecule has 0 aromatic heterocycles. The summed E-state index contributed by atoms with van der Waals surface area (Å²) in [7, 11) is 4.13. The second kappa shape index (κ2) is 11.2. The summed E-state index contributed by atoms with van der Waals surface area (Å²) in [6, 6.07) is 23.4. The second-order valence-corrected chi connectivity index (χ2v) is 7.82. The molecule has 0 fully saturated rings. The first-order valence-corrected chi connectivity index (χ1v) is 10.6. The molecule has 0 amide bonds. The number of aryl methyl sites for hydroxylation is 2. The second-order valence-electron chi connectivity index (χ2n) is 7.82. The van der Waals surface area contributed by atoms with Crippen molar-refractivity contribution in [1.82, 2.24) is 4.90 Å². The van der Waals surface area contributed by atoms with Crippen LogP contribution in [0.5, 0.6) is 5.75 Å². The van der Waals surface area contributed by atoms with Crippen molar-refractivity contribution in [3.8, 4) is 5.75 Å². The van der Waals surface area contributed by atoms with Gasteiger partial charge in [-0.15, -0.1) is 0 Å². The van der Waals surface area contributed by atoms with Gasteiger partial charge in [0.1, 0.15) is 5.75 Å². The van der Waals surface area contributed by atoms with E-state index in [4.69, 9.17) is 4.74 Å². The van der Waals surface area contributed by atoms with Gasteiger partial charge in [0.2, 0.25) is 0 Å². The average Bonchev–Trinajstić information content (AvgIpc) is 2.77. The molecule has 5 nitrogen and oxygen atoms in total. The lowest BCUT2D eigenvalue weighted by molar-refractivity contribution is 0.0698. The average molecular weight is 419 g/mol. The lowest BCUT2D eigenvalue weighted by Crippen LogP contribution is -2.15. The van der Waals surface area contributed by atoms with Crippen molar-refractivity contribution in [1.29, 1.82) is 0 Å². The van der Waals surface area contributed by atoms with Gasteiger partial charge in [-0.1, -0.05) is 36.4 Å². The smallest absolute Gasteiger partial charge is 0.337 e. The van der Waals surface area contributed by atoms with Crippen molar-refractivity contribution >= 4 is 17.3 Å². The number of ether oxygens (including phenoxy) is 1. The molecule has 3 aromatic rings. The first kappa shape index (κ1) is 22.4. The molecule has 0 aliphatic rings. The van der Waals surface area contributed by atoms with Gasteiger partial charge in [0.25, 0.3) is 0 Å². The Kier molecular flexibility index (Phi) is 8.07. The first-order chi connectivity index (χ1) is 15.0. The summed E-state index contributed by atoms with van der Waals surface area (Å²) in [6.45, 7) is 1.76. The molecule has 31 heavy (non-hydrogen) atoms. The van der Waals surface area contributed by atoms with Crippen molar-refractivity contribution in [3.05, 3.63) is 89.5 Å². The first-order valence-electron chi connectivity index (χ1n) is 10.6. The lowest BCUT2D eigenvalue weighted by Gasteiger charge is -2.11. The molecule has 0 radical (unpaired) electrons. The van der Waals surface area contributed by atoms with E-state index >= 15 is 0 Å². The molecule has 162 valence electrons. The van der Waals surface area contributed by atoms with Crippen LogP contribution in [0.4, 0.5) is 11.4 Å². The van der Waals surface area contributed by atoms with Crippen molar-refractivity contribution < 1.29 is 14.6 Å². The van der Waals surface area contributed by atoms with Crippen LogP contribution in [0.1, 0.15) is 27.9 Å². The summed E-state index contributed by atoms with van der Waals surface area (Å²) in [6.07, 6.45) is 2.91. The normalized spacial score (nSPS) is 10.8. The van der Waals surface area contributed by atoms with Crippen LogP contribution < -0.4 is 10.1 Å². The third kappa shape index (κ3) is 7.15. The standard InChI is InChI=1S/C26H30N2O3/c1-28(2)18-5-19-31-23-16-12-21(13-17-23)9-8-20-10-14-22(15-11-20)27-25-7-4-3-6-24(25)26(29)30/h3-4,6-7,10-17,27H,5,8-9,18-19H2,1-2H3,(H,29,30). The molecule has 3 aromatic carbocycles. The Bertz CT molecular complexity index is 967. The van der Waals surface area contributed by atoms with Crippen molar-refractivity contribution in [2.24, 2.45) is 0 Å². The van der Waals surface area contributed by atoms with Gasteiger partial charge in [0.05, 0.1) is 17.9 Å². The van der Waals surface area contributed by atoms with E-state index in [1.54, 1.807) is 18.2 Å². The minimum absolute atomic E-state index is 0.261. The van der Waals surface area contributed by atoms with Gasteiger partial charge in [0, 0.05) is 12.2 Å². The summed E-state index contributed by atoms with van der Waals surface area (Å²) in [5.74, 6) is -0.0238. The Balaban J connectivity index is 1.49. The van der Waals surface area contributed by atoms with E-state index in [1.807, 2.05) is 30.3 Å². The van der Waals surface area contributed by atoms with Crippen molar-refractivity contribution in [2.75, 3.05) is 32.6 Å². The molecule has 3 rings (SSSR count). The largest absolute Gasteiger partial charge is 0.494 e. The summed E-state index contributed by atoms with van der Waals surface area (Å²) in [4.78, 5) is 13.5. The number of para-hydroxylation sites is 1. The molecule has 0 unspecified atom stereocenters. The zero-order valence-corrected chi connectivity index (χ0v) is 18.2. The third-order valence-electron chi connectivity index (χ3n) is 5.03. The maximum atomic E-state index is 11.3. The van der Waals surface area contributed by atoms with Crippen LogP contribution in [0, 0.1) is 0 Å². The highest BCUT2D eigenvalue weighted by Crippen LogP contribution is 2.22. The van der Waals surface area contributed by atoms with Crippen LogP contribution in [0.2, 0.25) is 0 Å². The number of rotatable bonds is 11. The molecule has 5 heteroatoms. The number of aromatic carboxylic acids is 1. The minimum Gasteiger partial charge on any atom is -0.494 e. The van der Waals surface area contributed by atoms with E-state index in [2.05, 4.69) is 48.6 Å². The fourth-order valence-electron chi connectivity index (χ4n) is 3.30. The number of carbonyl (C=O) groups is 1. The number of nitrogens with zero attached hydrogens (tertiary/aromatic N) is 1. The molecule has 0 atom stereocenters. The Morgan fingerprint density at radius 1 is 0.903 bits per heavy atom. The number of carboxylic acids is 1. The SMILES string of the molecule is CN(C)CCCOc1ccc(CCc2ccc(Nc3ccccc3C(=O)O)cc2)cc1. The van der Waals surface area contributed by atoms with Crippen molar-refractivity contribution in [3.63, 3.8) is 0 Å². The highest BCUT2D eigenvalue weighted by atomic mass is 16.5. The van der Waals surface area contributed by atoms with E-state index in [1.165, 1.54) is 11.1 Å². The maximum Gasteiger partial charge on any atom is 0.337 e. The van der Waals surface area contributed by atoms with Crippen LogP contribution in [0.15, 0.2) is 72.8 Å². The Labute approximate surface area is 184 Å². The topological polar surface area (TPSA) is 61.8 Å². The number of hydrogen-bond donors (Lipinski definition) is 2. The monoisotopic (exact) mass is 418 g/mol. The van der Waals surface area contributed by atoms with Crippen LogP contribution in [-0.4, -0.2) is 43.2 Å². The maximum absolute atomic E-state index is 11.3. The number of nitrogens with one attached hydrogen (secondary N) is 1. The van der Waals surface area contributed by atoms with Gasteiger partial charge >= 0.3 is 5.97 Å². The van der Waals surface area contributed by atoms with Gasteiger partial charge in [-0.25, -0.2) is 4.79 Å². The highest BCUT2D eigenvalue weighted by Gasteiger charge is 2.09. The Morgan fingerprint density at radius 2 is 1.52 bits per heavy atom. The number of benzene rings is 3. The number of anilines is 2. The predicted molar refractivity (Wildman–Crippen MR) is 126 cm³/mol. The van der Waals surface area contributed by atoms with Crippen LogP contribution in [-0.2, 0) is 12.8 Å². The minimum atomic E-state index is -0.940. The number of hydrogen-bond acceptors (Lipinski definition) is 4. The third-order valence-corrected chi connectivity index (χ3v) is 5.03. The quantitative estimate of drug-likeness (QED) is 0.417. The van der Waals surface area contributed by atoms with E-state index in [0.29, 0.717) is 5.69 Å². The van der Waals surface area contributed by atoms with Gasteiger partial charge in [-0.2, -0.15) is 0 Å². The molecule has 0 heterocycles. The van der Waals surface area contributed by atoms with E-state index < -0.39 is 5.97 Å². The molecule has 0 saturated carbocycles. The summed E-state index contributed by atoms with van der Waals surface area (Å²) < 4.78 is 5.79. The fraction of sp³-hybridized carbons (Fsp3) is 0.269. The van der Waals surface area contributed by atoms with Crippen LogP contribution >= 0.6 is 0 Å². The molecular weight excluding hydrogens is 388 g/mol. The lowest BCUT2D eigenvalue weighted by atomic mass is 10.0.